The number of carbonyl (C=O) groups is 1. The Morgan fingerprint density at radius 3 is 1.27 bits per heavy atom. The second kappa shape index (κ2) is 26.7. The highest BCUT2D eigenvalue weighted by molar-refractivity contribution is 5.69. The number of esters is 1. The van der Waals surface area contributed by atoms with Gasteiger partial charge in [0.15, 0.2) is 12.6 Å². The molecule has 2 fully saturated rings. The second-order valence-electron chi connectivity index (χ2n) is 14.6. The predicted molar refractivity (Wildman–Crippen MR) is 189 cm³/mol. The Labute approximate surface area is 309 Å². The molecule has 2 aliphatic rings. The van der Waals surface area contributed by atoms with Crippen LogP contribution in [0.5, 0.6) is 0 Å². The van der Waals surface area contributed by atoms with Gasteiger partial charge in [-0.25, -0.2) is 0 Å². The first-order valence-corrected chi connectivity index (χ1v) is 19.6. The van der Waals surface area contributed by atoms with E-state index in [1.54, 1.807) is 6.92 Å². The van der Waals surface area contributed by atoms with Crippen molar-refractivity contribution >= 4 is 5.97 Å². The summed E-state index contributed by atoms with van der Waals surface area (Å²) >= 11 is 0. The summed E-state index contributed by atoms with van der Waals surface area (Å²) in [7, 11) is 1.28. The van der Waals surface area contributed by atoms with Gasteiger partial charge in [-0.15, -0.1) is 0 Å². The van der Waals surface area contributed by atoms with Gasteiger partial charge in [0.05, 0.1) is 45.1 Å². The van der Waals surface area contributed by atoms with E-state index in [1.165, 1.54) is 7.11 Å². The van der Waals surface area contributed by atoms with E-state index in [-0.39, 0.29) is 18.6 Å². The Balaban J connectivity index is 1.62. The van der Waals surface area contributed by atoms with Crippen molar-refractivity contribution in [2.24, 2.45) is 0 Å². The highest BCUT2D eigenvalue weighted by atomic mass is 16.7. The Hall–Kier alpha value is -1.05. The molecule has 2 heterocycles. The molecule has 15 heteroatoms. The van der Waals surface area contributed by atoms with E-state index >= 15 is 0 Å². The molecule has 13 atom stereocenters. The third-order valence-electron chi connectivity index (χ3n) is 10.2. The summed E-state index contributed by atoms with van der Waals surface area (Å²) in [6.07, 6.45) is 2.30. The molecule has 0 spiro atoms. The Bertz CT molecular complexity index is 908. The molecule has 3 unspecified atom stereocenters. The average molecular weight is 755 g/mol. The maximum absolute atomic E-state index is 11.9. The first-order chi connectivity index (χ1) is 24.9. The van der Waals surface area contributed by atoms with E-state index < -0.39 is 86.7 Å². The van der Waals surface area contributed by atoms with E-state index in [1.807, 2.05) is 0 Å². The second-order valence-corrected chi connectivity index (χ2v) is 14.6. The van der Waals surface area contributed by atoms with Gasteiger partial charge in [0.1, 0.15) is 48.8 Å². The van der Waals surface area contributed by atoms with Crippen LogP contribution in [0.15, 0.2) is 0 Å². The van der Waals surface area contributed by atoms with Gasteiger partial charge in [0.2, 0.25) is 0 Å². The molecule has 0 amide bonds. The summed E-state index contributed by atoms with van der Waals surface area (Å²) in [6, 6.07) is 0. The Morgan fingerprint density at radius 2 is 0.885 bits per heavy atom. The van der Waals surface area contributed by atoms with E-state index in [2.05, 4.69) is 0 Å². The molecule has 0 aromatic carbocycles. The van der Waals surface area contributed by atoms with Gasteiger partial charge >= 0.3 is 5.97 Å². The average Bonchev–Trinajstić information content (AvgIpc) is 3.12. The van der Waals surface area contributed by atoms with Crippen LogP contribution in [0.1, 0.15) is 129 Å². The Kier molecular flexibility index (Phi) is 24.2. The predicted octanol–water partition coefficient (Wildman–Crippen LogP) is 1.32. The number of aliphatic hydroxyl groups is 9. The SMILES string of the molecule is COC(=O)CC(CCCCCCCCCCCCCC(CCCCCC(C)O)O[C@@H]1O[C@H](CO)[C@@H](O)[C@H](O)[C@H]1O)O[C@@H]1O[C@H](CO)[C@@H](O)[C@H](O)[C@H]1O. The molecule has 0 saturated carbocycles. The normalized spacial score (nSPS) is 31.3. The van der Waals surface area contributed by atoms with E-state index in [0.29, 0.717) is 6.42 Å². The molecular weight excluding hydrogens is 684 g/mol. The summed E-state index contributed by atoms with van der Waals surface area (Å²) in [4.78, 5) is 11.9. The molecule has 2 aliphatic heterocycles. The highest BCUT2D eigenvalue weighted by Crippen LogP contribution is 2.27. The molecule has 0 aromatic heterocycles. The van der Waals surface area contributed by atoms with E-state index in [0.717, 1.165) is 109 Å². The van der Waals surface area contributed by atoms with E-state index in [9.17, 15) is 50.8 Å². The monoisotopic (exact) mass is 754 g/mol. The number of unbranched alkanes of at least 4 members (excludes halogenated alkanes) is 12. The summed E-state index contributed by atoms with van der Waals surface area (Å²) in [6.45, 7) is 0.713. The fourth-order valence-corrected chi connectivity index (χ4v) is 6.83. The summed E-state index contributed by atoms with van der Waals surface area (Å²) in [5, 5.41) is 89.5. The molecule has 0 aromatic rings. The smallest absolute Gasteiger partial charge is 0.308 e. The van der Waals surface area contributed by atoms with Gasteiger partial charge in [0, 0.05) is 0 Å². The number of aliphatic hydroxyl groups excluding tert-OH is 9. The number of ether oxygens (including phenoxy) is 5. The number of carbonyl (C=O) groups excluding carboxylic acids is 1. The Morgan fingerprint density at radius 1 is 0.538 bits per heavy atom. The third kappa shape index (κ3) is 17.2. The lowest BCUT2D eigenvalue weighted by Gasteiger charge is -2.41. The zero-order chi connectivity index (χ0) is 38.5. The zero-order valence-corrected chi connectivity index (χ0v) is 31.3. The minimum atomic E-state index is -1.55. The molecule has 2 saturated heterocycles. The molecule has 9 N–H and O–H groups in total. The topological polar surface area (TPSA) is 245 Å². The number of rotatable bonds is 28. The van der Waals surface area contributed by atoms with Gasteiger partial charge < -0.3 is 69.6 Å². The van der Waals surface area contributed by atoms with Crippen molar-refractivity contribution in [2.75, 3.05) is 20.3 Å². The molecule has 15 nitrogen and oxygen atoms in total. The van der Waals surface area contributed by atoms with Gasteiger partial charge in [-0.1, -0.05) is 89.9 Å². The van der Waals surface area contributed by atoms with Gasteiger partial charge in [-0.2, -0.15) is 0 Å². The standard InChI is InChI=1S/C37H70O15/c1-24(40)17-13-12-16-19-25(49-36-34(46)32(44)30(42)27(22-38)51-36)18-14-10-8-6-4-3-5-7-9-11-15-20-26(21-29(41)48-2)50-37-35(47)33(45)31(43)28(23-39)52-37/h24-28,30-40,42-47H,3-23H2,1-2H3/t24?,25?,26?,27-,28-,30-,31-,32+,33+,34-,35-,36-,37-/m1/s1. The van der Waals surface area contributed by atoms with Crippen LogP contribution in [0, 0.1) is 0 Å². The van der Waals surface area contributed by atoms with Crippen LogP contribution in [0.25, 0.3) is 0 Å². The molecule has 308 valence electrons. The summed E-state index contributed by atoms with van der Waals surface area (Å²) < 4.78 is 27.7. The highest BCUT2D eigenvalue weighted by Gasteiger charge is 2.46. The van der Waals surface area contributed by atoms with Crippen LogP contribution in [0.3, 0.4) is 0 Å². The van der Waals surface area contributed by atoms with Crippen LogP contribution >= 0.6 is 0 Å². The van der Waals surface area contributed by atoms with Crippen LogP contribution in [-0.4, -0.2) is 152 Å². The molecule has 0 aliphatic carbocycles. The van der Waals surface area contributed by atoms with Crippen molar-refractivity contribution in [3.05, 3.63) is 0 Å². The molecular formula is C37H70O15. The fraction of sp³-hybridized carbons (Fsp3) is 0.973. The molecule has 2 rings (SSSR count). The summed E-state index contributed by atoms with van der Waals surface area (Å²) in [5.41, 5.74) is 0. The van der Waals surface area contributed by atoms with E-state index in [4.69, 9.17) is 23.7 Å². The van der Waals surface area contributed by atoms with Crippen LogP contribution in [0.4, 0.5) is 0 Å². The molecule has 52 heavy (non-hydrogen) atoms. The van der Waals surface area contributed by atoms with Crippen molar-refractivity contribution in [1.29, 1.82) is 0 Å². The quantitative estimate of drug-likeness (QED) is 0.0404. The first-order valence-electron chi connectivity index (χ1n) is 19.6. The number of methoxy groups -OCH3 is 1. The minimum absolute atomic E-state index is 0.0533. The van der Waals surface area contributed by atoms with Crippen molar-refractivity contribution in [3.8, 4) is 0 Å². The zero-order valence-electron chi connectivity index (χ0n) is 31.3. The van der Waals surface area contributed by atoms with Gasteiger partial charge in [-0.3, -0.25) is 4.79 Å². The van der Waals surface area contributed by atoms with Crippen molar-refractivity contribution < 1.29 is 74.4 Å². The summed E-state index contributed by atoms with van der Waals surface area (Å²) in [5.74, 6) is -0.476. The maximum atomic E-state index is 11.9. The first kappa shape index (κ1) is 47.1. The van der Waals surface area contributed by atoms with Crippen LogP contribution in [-0.2, 0) is 28.5 Å². The van der Waals surface area contributed by atoms with Crippen LogP contribution in [0.2, 0.25) is 0 Å². The lowest BCUT2D eigenvalue weighted by molar-refractivity contribution is -0.312. The van der Waals surface area contributed by atoms with Crippen molar-refractivity contribution in [2.45, 2.75) is 209 Å². The number of hydrogen-bond acceptors (Lipinski definition) is 15. The fourth-order valence-electron chi connectivity index (χ4n) is 6.83. The van der Waals surface area contributed by atoms with Gasteiger partial charge in [-0.05, 0) is 32.6 Å². The maximum Gasteiger partial charge on any atom is 0.308 e. The lowest BCUT2D eigenvalue weighted by Crippen LogP contribution is -2.59. The van der Waals surface area contributed by atoms with Gasteiger partial charge in [0.25, 0.3) is 0 Å². The molecule has 0 radical (unpaired) electrons. The largest absolute Gasteiger partial charge is 0.469 e. The molecule has 0 bridgehead atoms. The lowest BCUT2D eigenvalue weighted by atomic mass is 9.98. The van der Waals surface area contributed by atoms with Crippen molar-refractivity contribution in [3.63, 3.8) is 0 Å². The van der Waals surface area contributed by atoms with Crippen LogP contribution < -0.4 is 0 Å². The van der Waals surface area contributed by atoms with Crippen molar-refractivity contribution in [1.82, 2.24) is 0 Å². The minimum Gasteiger partial charge on any atom is -0.469 e. The number of hydrogen-bond donors (Lipinski definition) is 9. The third-order valence-corrected chi connectivity index (χ3v) is 10.2.